The van der Waals surface area contributed by atoms with E-state index in [4.69, 9.17) is 9.47 Å². The maximum absolute atomic E-state index is 14.1. The minimum absolute atomic E-state index is 0.0236. The number of anilines is 1. The van der Waals surface area contributed by atoms with Gasteiger partial charge < -0.3 is 24.2 Å². The van der Waals surface area contributed by atoms with Gasteiger partial charge in [0.05, 0.1) is 38.8 Å². The molecular formula is C29H36N4O4. The molecule has 196 valence electrons. The van der Waals surface area contributed by atoms with Crippen LogP contribution in [0, 0.1) is 5.92 Å². The number of hydrogen-bond acceptors (Lipinski definition) is 6. The zero-order chi connectivity index (χ0) is 25.4. The summed E-state index contributed by atoms with van der Waals surface area (Å²) in [4.78, 5) is 35.7. The summed E-state index contributed by atoms with van der Waals surface area (Å²) in [5.41, 5.74) is 4.96. The number of benzene rings is 2. The predicted octanol–water partition coefficient (Wildman–Crippen LogP) is 1.80. The third kappa shape index (κ3) is 4.80. The molecule has 4 aliphatic rings. The molecule has 8 nitrogen and oxygen atoms in total. The van der Waals surface area contributed by atoms with Crippen LogP contribution in [0.25, 0.3) is 0 Å². The van der Waals surface area contributed by atoms with Gasteiger partial charge in [0.15, 0.2) is 0 Å². The number of fused-ring (bicyclic) bond motifs is 4. The molecule has 4 aliphatic heterocycles. The Balaban J connectivity index is 1.24. The van der Waals surface area contributed by atoms with Crippen molar-refractivity contribution in [1.29, 1.82) is 0 Å². The molecule has 0 radical (unpaired) electrons. The number of rotatable bonds is 4. The van der Waals surface area contributed by atoms with Gasteiger partial charge in [0.1, 0.15) is 5.75 Å². The summed E-state index contributed by atoms with van der Waals surface area (Å²) in [7, 11) is 1.69. The van der Waals surface area contributed by atoms with Crippen LogP contribution in [0.2, 0.25) is 0 Å². The van der Waals surface area contributed by atoms with Crippen molar-refractivity contribution >= 4 is 17.5 Å². The lowest BCUT2D eigenvalue weighted by atomic mass is 9.82. The molecule has 2 unspecified atom stereocenters. The first-order valence-electron chi connectivity index (χ1n) is 13.5. The van der Waals surface area contributed by atoms with Crippen molar-refractivity contribution in [3.63, 3.8) is 0 Å². The molecule has 4 heterocycles. The zero-order valence-electron chi connectivity index (χ0n) is 21.6. The van der Waals surface area contributed by atoms with Crippen LogP contribution in [-0.4, -0.2) is 98.7 Å². The van der Waals surface area contributed by atoms with Crippen molar-refractivity contribution in [2.45, 2.75) is 25.4 Å². The molecule has 37 heavy (non-hydrogen) atoms. The van der Waals surface area contributed by atoms with Crippen LogP contribution < -0.4 is 9.64 Å². The van der Waals surface area contributed by atoms with Gasteiger partial charge in [0, 0.05) is 57.6 Å². The van der Waals surface area contributed by atoms with Crippen molar-refractivity contribution in [3.05, 3.63) is 59.2 Å². The maximum Gasteiger partial charge on any atom is 0.236 e. The number of amides is 2. The van der Waals surface area contributed by atoms with Crippen molar-refractivity contribution in [2.24, 2.45) is 5.92 Å². The molecule has 0 spiro atoms. The van der Waals surface area contributed by atoms with E-state index in [0.29, 0.717) is 52.4 Å². The third-order valence-electron chi connectivity index (χ3n) is 8.49. The van der Waals surface area contributed by atoms with Crippen LogP contribution in [0.4, 0.5) is 5.69 Å². The van der Waals surface area contributed by atoms with E-state index in [1.54, 1.807) is 7.11 Å². The minimum atomic E-state index is -0.146. The zero-order valence-corrected chi connectivity index (χ0v) is 21.6. The third-order valence-corrected chi connectivity index (χ3v) is 8.49. The van der Waals surface area contributed by atoms with Gasteiger partial charge in [0.25, 0.3) is 0 Å². The normalized spacial score (nSPS) is 23.6. The van der Waals surface area contributed by atoms with E-state index in [-0.39, 0.29) is 23.8 Å². The SMILES string of the molecule is COc1ccc2c(c1)N1CCN(CC(=O)N3CCOCC3)CC1C(C(=O)N1CCc3ccccc3C1)C2. The lowest BCUT2D eigenvalue weighted by Crippen LogP contribution is -2.62. The highest BCUT2D eigenvalue weighted by Gasteiger charge is 2.43. The molecule has 0 saturated carbocycles. The molecule has 2 aromatic carbocycles. The van der Waals surface area contributed by atoms with Gasteiger partial charge in [-0.1, -0.05) is 30.3 Å². The smallest absolute Gasteiger partial charge is 0.236 e. The highest BCUT2D eigenvalue weighted by Crippen LogP contribution is 2.39. The standard InChI is InChI=1S/C29H36N4O4/c1-36-24-7-6-22-16-25(29(35)32-9-8-21-4-2-3-5-23(21)18-32)27-19-30(10-11-33(27)26(22)17-24)20-28(34)31-12-14-37-15-13-31/h2-7,17,25,27H,8-16,18-20H2,1H3. The number of nitrogens with zero attached hydrogens (tertiary/aromatic N) is 4. The Morgan fingerprint density at radius 3 is 2.57 bits per heavy atom. The van der Waals surface area contributed by atoms with E-state index in [2.05, 4.69) is 51.1 Å². The van der Waals surface area contributed by atoms with E-state index in [1.807, 2.05) is 11.0 Å². The Labute approximate surface area is 218 Å². The Morgan fingerprint density at radius 1 is 0.946 bits per heavy atom. The minimum Gasteiger partial charge on any atom is -0.497 e. The van der Waals surface area contributed by atoms with Gasteiger partial charge in [-0.3, -0.25) is 14.5 Å². The Morgan fingerprint density at radius 2 is 1.76 bits per heavy atom. The Hall–Kier alpha value is -3.10. The van der Waals surface area contributed by atoms with E-state index in [0.717, 1.165) is 37.5 Å². The van der Waals surface area contributed by atoms with Gasteiger partial charge in [-0.25, -0.2) is 0 Å². The summed E-state index contributed by atoms with van der Waals surface area (Å²) in [5, 5.41) is 0. The van der Waals surface area contributed by atoms with Gasteiger partial charge in [-0.15, -0.1) is 0 Å². The maximum atomic E-state index is 14.1. The number of morpholine rings is 1. The fourth-order valence-electron chi connectivity index (χ4n) is 6.41. The average Bonchev–Trinajstić information content (AvgIpc) is 2.96. The number of piperazine rings is 1. The van der Waals surface area contributed by atoms with Crippen LogP contribution >= 0.6 is 0 Å². The van der Waals surface area contributed by atoms with Crippen LogP contribution in [0.3, 0.4) is 0 Å². The van der Waals surface area contributed by atoms with Gasteiger partial charge in [-0.05, 0) is 35.6 Å². The molecule has 2 saturated heterocycles. The lowest BCUT2D eigenvalue weighted by molar-refractivity contribution is -0.138. The van der Waals surface area contributed by atoms with Crippen LogP contribution in [0.1, 0.15) is 16.7 Å². The Kier molecular flexibility index (Phi) is 6.78. The van der Waals surface area contributed by atoms with Crippen molar-refractivity contribution in [2.75, 3.05) is 71.0 Å². The second kappa shape index (κ2) is 10.3. The van der Waals surface area contributed by atoms with E-state index >= 15 is 0 Å². The molecule has 0 aliphatic carbocycles. The average molecular weight is 505 g/mol. The lowest BCUT2D eigenvalue weighted by Gasteiger charge is -2.50. The quantitative estimate of drug-likeness (QED) is 0.633. The summed E-state index contributed by atoms with van der Waals surface area (Å²) in [6.45, 7) is 6.64. The number of carbonyl (C=O) groups is 2. The molecule has 2 atom stereocenters. The highest BCUT2D eigenvalue weighted by atomic mass is 16.5. The second-order valence-corrected chi connectivity index (χ2v) is 10.6. The number of hydrogen-bond donors (Lipinski definition) is 0. The fourth-order valence-corrected chi connectivity index (χ4v) is 6.41. The van der Waals surface area contributed by atoms with Gasteiger partial charge in [0.2, 0.25) is 11.8 Å². The van der Waals surface area contributed by atoms with E-state index < -0.39 is 0 Å². The van der Waals surface area contributed by atoms with Crippen molar-refractivity contribution < 1.29 is 19.1 Å². The van der Waals surface area contributed by atoms with Crippen molar-refractivity contribution in [1.82, 2.24) is 14.7 Å². The first kappa shape index (κ1) is 24.2. The van der Waals surface area contributed by atoms with Gasteiger partial charge >= 0.3 is 0 Å². The number of ether oxygens (including phenoxy) is 2. The largest absolute Gasteiger partial charge is 0.497 e. The molecule has 0 N–H and O–H groups in total. The van der Waals surface area contributed by atoms with Crippen LogP contribution in [-0.2, 0) is 33.7 Å². The molecule has 2 aromatic rings. The first-order chi connectivity index (χ1) is 18.1. The summed E-state index contributed by atoms with van der Waals surface area (Å²) >= 11 is 0. The molecule has 8 heteroatoms. The van der Waals surface area contributed by atoms with E-state index in [1.165, 1.54) is 16.7 Å². The summed E-state index contributed by atoms with van der Waals surface area (Å²) in [6, 6.07) is 14.7. The molecule has 2 amide bonds. The number of methoxy groups -OCH3 is 1. The summed E-state index contributed by atoms with van der Waals surface area (Å²) < 4.78 is 10.9. The predicted molar refractivity (Wildman–Crippen MR) is 141 cm³/mol. The Bertz CT molecular complexity index is 1160. The number of carbonyl (C=O) groups excluding carboxylic acids is 2. The van der Waals surface area contributed by atoms with Crippen LogP contribution in [0.5, 0.6) is 5.75 Å². The summed E-state index contributed by atoms with van der Waals surface area (Å²) in [5.74, 6) is 1.07. The van der Waals surface area contributed by atoms with Crippen LogP contribution in [0.15, 0.2) is 42.5 Å². The monoisotopic (exact) mass is 504 g/mol. The van der Waals surface area contributed by atoms with E-state index in [9.17, 15) is 9.59 Å². The van der Waals surface area contributed by atoms with Crippen molar-refractivity contribution in [3.8, 4) is 5.75 Å². The molecule has 6 rings (SSSR count). The summed E-state index contributed by atoms with van der Waals surface area (Å²) in [6.07, 6.45) is 1.61. The molecule has 0 aromatic heterocycles. The molecule has 2 fully saturated rings. The first-order valence-corrected chi connectivity index (χ1v) is 13.5. The molecule has 0 bridgehead atoms. The molecular weight excluding hydrogens is 468 g/mol. The highest BCUT2D eigenvalue weighted by molar-refractivity contribution is 5.83. The van der Waals surface area contributed by atoms with Gasteiger partial charge in [-0.2, -0.15) is 0 Å². The topological polar surface area (TPSA) is 65.6 Å². The second-order valence-electron chi connectivity index (χ2n) is 10.6. The fraction of sp³-hybridized carbons (Fsp3) is 0.517.